The summed E-state index contributed by atoms with van der Waals surface area (Å²) in [5, 5.41) is 0. The Kier molecular flexibility index (Phi) is 5.15. The molecule has 19 heavy (non-hydrogen) atoms. The van der Waals surface area contributed by atoms with E-state index in [9.17, 15) is 8.78 Å². The summed E-state index contributed by atoms with van der Waals surface area (Å²) in [7, 11) is 0. The third-order valence-corrected chi connectivity index (χ3v) is 4.45. The number of benzene rings is 2. The predicted octanol–water partition coefficient (Wildman–Crippen LogP) is 6.17. The summed E-state index contributed by atoms with van der Waals surface area (Å²) < 4.78 is 29.0. The smallest absolute Gasteiger partial charge is 0.131 e. The van der Waals surface area contributed by atoms with Crippen LogP contribution in [-0.4, -0.2) is 0 Å². The largest absolute Gasteiger partial charge is 0.207 e. The fraction of sp³-hybridized carbons (Fsp3) is 0.143. The van der Waals surface area contributed by atoms with Gasteiger partial charge < -0.3 is 0 Å². The van der Waals surface area contributed by atoms with Crippen LogP contribution in [-0.2, 0) is 6.42 Å². The van der Waals surface area contributed by atoms with E-state index in [1.807, 2.05) is 24.3 Å². The topological polar surface area (TPSA) is 0 Å². The van der Waals surface area contributed by atoms with E-state index in [-0.39, 0.29) is 5.56 Å². The van der Waals surface area contributed by atoms with Crippen molar-refractivity contribution in [3.8, 4) is 0 Å². The molecule has 0 radical (unpaired) electrons. The standard InChI is InChI=1S/C14H9Br3F2/c15-9-3-1-8(2-4-9)5-11(17)14-12(18)6-10(16)7-13(14)19/h1-4,6-7,11H,5H2. The second-order valence-corrected chi connectivity index (χ2v) is 7.02. The van der Waals surface area contributed by atoms with Crippen molar-refractivity contribution in [2.45, 2.75) is 11.2 Å². The number of alkyl halides is 1. The Morgan fingerprint density at radius 1 is 0.895 bits per heavy atom. The Labute approximate surface area is 135 Å². The molecule has 2 aromatic rings. The van der Waals surface area contributed by atoms with Gasteiger partial charge in [-0.25, -0.2) is 8.78 Å². The van der Waals surface area contributed by atoms with Crippen molar-refractivity contribution < 1.29 is 8.78 Å². The van der Waals surface area contributed by atoms with E-state index in [0.717, 1.165) is 10.0 Å². The second kappa shape index (κ2) is 6.46. The fourth-order valence-electron chi connectivity index (χ4n) is 1.78. The van der Waals surface area contributed by atoms with Gasteiger partial charge in [0.1, 0.15) is 11.6 Å². The maximum atomic E-state index is 13.8. The molecule has 0 nitrogen and oxygen atoms in total. The highest BCUT2D eigenvalue weighted by molar-refractivity contribution is 9.10. The molecule has 100 valence electrons. The van der Waals surface area contributed by atoms with Crippen LogP contribution in [0.25, 0.3) is 0 Å². The normalized spacial score (nSPS) is 12.5. The molecule has 0 bridgehead atoms. The summed E-state index contributed by atoms with van der Waals surface area (Å²) in [6.07, 6.45) is 0.517. The van der Waals surface area contributed by atoms with Crippen LogP contribution in [0.2, 0.25) is 0 Å². The lowest BCUT2D eigenvalue weighted by atomic mass is 10.0. The molecule has 0 heterocycles. The van der Waals surface area contributed by atoms with Crippen LogP contribution in [0.15, 0.2) is 45.3 Å². The van der Waals surface area contributed by atoms with Gasteiger partial charge in [0.25, 0.3) is 0 Å². The molecule has 0 aromatic heterocycles. The Balaban J connectivity index is 2.25. The number of hydrogen-bond donors (Lipinski definition) is 0. The Hall–Kier alpha value is -0.260. The maximum Gasteiger partial charge on any atom is 0.131 e. The summed E-state index contributed by atoms with van der Waals surface area (Å²) >= 11 is 9.78. The number of halogens is 5. The quantitative estimate of drug-likeness (QED) is 0.486. The van der Waals surface area contributed by atoms with Crippen LogP contribution < -0.4 is 0 Å². The third kappa shape index (κ3) is 3.86. The maximum absolute atomic E-state index is 13.8. The average Bonchev–Trinajstić information content (AvgIpc) is 2.30. The zero-order valence-electron chi connectivity index (χ0n) is 9.64. The van der Waals surface area contributed by atoms with Crippen LogP contribution in [0.3, 0.4) is 0 Å². The van der Waals surface area contributed by atoms with E-state index < -0.39 is 16.5 Å². The first-order valence-corrected chi connectivity index (χ1v) is 8.00. The van der Waals surface area contributed by atoms with Crippen LogP contribution in [0.1, 0.15) is 16.0 Å². The van der Waals surface area contributed by atoms with Gasteiger partial charge in [-0.05, 0) is 36.2 Å². The molecular weight excluding hydrogens is 446 g/mol. The summed E-state index contributed by atoms with van der Waals surface area (Å²) in [4.78, 5) is -0.401. The molecule has 1 atom stereocenters. The minimum absolute atomic E-state index is 0.0612. The van der Waals surface area contributed by atoms with Crippen molar-refractivity contribution in [1.82, 2.24) is 0 Å². The summed E-state index contributed by atoms with van der Waals surface area (Å²) in [6.45, 7) is 0. The highest BCUT2D eigenvalue weighted by Gasteiger charge is 2.19. The molecule has 0 aliphatic rings. The molecule has 0 amide bonds. The van der Waals surface area contributed by atoms with E-state index in [0.29, 0.717) is 10.9 Å². The highest BCUT2D eigenvalue weighted by atomic mass is 79.9. The molecule has 0 aliphatic heterocycles. The van der Waals surface area contributed by atoms with E-state index in [1.54, 1.807) is 0 Å². The van der Waals surface area contributed by atoms with Gasteiger partial charge in [-0.15, -0.1) is 0 Å². The van der Waals surface area contributed by atoms with E-state index in [1.165, 1.54) is 12.1 Å². The average molecular weight is 455 g/mol. The van der Waals surface area contributed by atoms with E-state index in [4.69, 9.17) is 0 Å². The Morgan fingerprint density at radius 3 is 1.95 bits per heavy atom. The van der Waals surface area contributed by atoms with Gasteiger partial charge >= 0.3 is 0 Å². The molecule has 0 saturated carbocycles. The van der Waals surface area contributed by atoms with E-state index in [2.05, 4.69) is 47.8 Å². The monoisotopic (exact) mass is 452 g/mol. The molecule has 2 rings (SSSR count). The molecule has 1 unspecified atom stereocenters. The molecule has 0 fully saturated rings. The van der Waals surface area contributed by atoms with Crippen molar-refractivity contribution in [3.05, 3.63) is 68.1 Å². The zero-order chi connectivity index (χ0) is 14.0. The van der Waals surface area contributed by atoms with Gasteiger partial charge in [0.15, 0.2) is 0 Å². The Bertz CT molecular complexity index is 559. The minimum Gasteiger partial charge on any atom is -0.207 e. The van der Waals surface area contributed by atoms with E-state index >= 15 is 0 Å². The summed E-state index contributed by atoms with van der Waals surface area (Å²) in [5.41, 5.74) is 1.07. The number of rotatable bonds is 3. The van der Waals surface area contributed by atoms with Gasteiger partial charge in [-0.3, -0.25) is 0 Å². The minimum atomic E-state index is -0.550. The number of hydrogen-bond acceptors (Lipinski definition) is 0. The van der Waals surface area contributed by atoms with Crippen LogP contribution in [0, 0.1) is 11.6 Å². The van der Waals surface area contributed by atoms with Crippen molar-refractivity contribution in [3.63, 3.8) is 0 Å². The van der Waals surface area contributed by atoms with Gasteiger partial charge in [0, 0.05) is 19.3 Å². The molecule has 2 aromatic carbocycles. The van der Waals surface area contributed by atoms with Gasteiger partial charge in [0.05, 0.1) is 0 Å². The summed E-state index contributed by atoms with van der Waals surface area (Å²) in [6, 6.07) is 10.2. The van der Waals surface area contributed by atoms with Gasteiger partial charge in [-0.2, -0.15) is 0 Å². The Morgan fingerprint density at radius 2 is 1.42 bits per heavy atom. The highest BCUT2D eigenvalue weighted by Crippen LogP contribution is 2.33. The van der Waals surface area contributed by atoms with Crippen molar-refractivity contribution in [2.24, 2.45) is 0 Å². The predicted molar refractivity (Wildman–Crippen MR) is 83.6 cm³/mol. The van der Waals surface area contributed by atoms with Crippen molar-refractivity contribution in [2.75, 3.05) is 0 Å². The summed E-state index contributed by atoms with van der Waals surface area (Å²) in [5.74, 6) is -1.10. The van der Waals surface area contributed by atoms with Crippen LogP contribution in [0.5, 0.6) is 0 Å². The molecule has 0 aliphatic carbocycles. The van der Waals surface area contributed by atoms with Crippen molar-refractivity contribution >= 4 is 47.8 Å². The molecule has 0 spiro atoms. The van der Waals surface area contributed by atoms with Gasteiger partial charge in [-0.1, -0.05) is 59.9 Å². The first kappa shape index (κ1) is 15.1. The zero-order valence-corrected chi connectivity index (χ0v) is 14.4. The molecule has 5 heteroatoms. The van der Waals surface area contributed by atoms with Crippen LogP contribution >= 0.6 is 47.8 Å². The molecule has 0 saturated heterocycles. The van der Waals surface area contributed by atoms with Crippen LogP contribution in [0.4, 0.5) is 8.78 Å². The third-order valence-electron chi connectivity index (χ3n) is 2.69. The first-order chi connectivity index (χ1) is 8.97. The fourth-order valence-corrected chi connectivity index (χ4v) is 3.26. The lowest BCUT2D eigenvalue weighted by molar-refractivity contribution is 0.552. The second-order valence-electron chi connectivity index (χ2n) is 4.08. The lowest BCUT2D eigenvalue weighted by Crippen LogP contribution is -2.02. The lowest BCUT2D eigenvalue weighted by Gasteiger charge is -2.13. The SMILES string of the molecule is Fc1cc(Br)cc(F)c1C(Br)Cc1ccc(Br)cc1. The first-order valence-electron chi connectivity index (χ1n) is 5.50. The van der Waals surface area contributed by atoms with Crippen molar-refractivity contribution in [1.29, 1.82) is 0 Å². The van der Waals surface area contributed by atoms with Gasteiger partial charge in [0.2, 0.25) is 0 Å². The molecule has 0 N–H and O–H groups in total. The molecular formula is C14H9Br3F2.